The molecule has 3 N–H and O–H groups in total. The molecule has 38 heavy (non-hydrogen) atoms. The fourth-order valence-electron chi connectivity index (χ4n) is 3.28. The molecule has 1 amide bonds. The van der Waals surface area contributed by atoms with Gasteiger partial charge < -0.3 is 20.4 Å². The van der Waals surface area contributed by atoms with Crippen molar-refractivity contribution in [3.05, 3.63) is 69.5 Å². The average Bonchev–Trinajstić information content (AvgIpc) is 3.23. The molecular weight excluding hydrogens is 565 g/mol. The van der Waals surface area contributed by atoms with E-state index in [4.69, 9.17) is 27.9 Å². The number of amides is 1. The second kappa shape index (κ2) is 10.5. The molecule has 0 fully saturated rings. The minimum absolute atomic E-state index is 0.0148. The molecule has 1 aromatic carbocycles. The number of carbonyl (C=O) groups excluding carboxylic acids is 1. The van der Waals surface area contributed by atoms with Crippen LogP contribution in [0.5, 0.6) is 5.88 Å². The van der Waals surface area contributed by atoms with Crippen molar-refractivity contribution in [3.63, 3.8) is 0 Å². The number of aromatic nitrogens is 4. The highest BCUT2D eigenvalue weighted by Gasteiger charge is 2.33. The number of pyridine rings is 2. The minimum Gasteiger partial charge on any atom is -0.467 e. The molecule has 8 nitrogen and oxygen atoms in total. The maximum atomic E-state index is 13.3. The van der Waals surface area contributed by atoms with E-state index in [2.05, 4.69) is 30.6 Å². The third kappa shape index (κ3) is 6.37. The molecule has 0 atom stereocenters. The standard InChI is InChI=1S/C22H14Cl2F6N6O2/c23-13-7-31-8-14(24)16(13)34-20-33-15-5-11(19(35-17(15)36-20)38-9-21(25,26)27)18(37)32-6-10-3-1-2-4-12(10)22(28,29)30/h1-5,7-8H,6,9H2,(H,32,37)(H2,31,33,34,35,36). The molecule has 3 aromatic heterocycles. The summed E-state index contributed by atoms with van der Waals surface area (Å²) in [5.41, 5.74) is -1.52. The van der Waals surface area contributed by atoms with Crippen LogP contribution in [-0.2, 0) is 12.7 Å². The number of aromatic amines is 1. The fourth-order valence-corrected chi connectivity index (χ4v) is 3.74. The number of nitrogens with one attached hydrogen (secondary N) is 3. The third-order valence-electron chi connectivity index (χ3n) is 4.91. The van der Waals surface area contributed by atoms with Gasteiger partial charge in [0.1, 0.15) is 5.56 Å². The number of H-pyrrole nitrogens is 1. The highest BCUT2D eigenvalue weighted by atomic mass is 35.5. The number of alkyl halides is 6. The van der Waals surface area contributed by atoms with Crippen LogP contribution in [0.4, 0.5) is 38.0 Å². The highest BCUT2D eigenvalue weighted by Crippen LogP contribution is 2.33. The van der Waals surface area contributed by atoms with Crippen LogP contribution in [-0.4, -0.2) is 38.6 Å². The molecular formula is C22H14Cl2F6N6O2. The quantitative estimate of drug-likeness (QED) is 0.222. The lowest BCUT2D eigenvalue weighted by Crippen LogP contribution is -2.26. The van der Waals surface area contributed by atoms with Crippen molar-refractivity contribution in [3.8, 4) is 5.88 Å². The first-order valence-corrected chi connectivity index (χ1v) is 11.2. The Morgan fingerprint density at radius 3 is 2.37 bits per heavy atom. The van der Waals surface area contributed by atoms with Crippen molar-refractivity contribution in [1.82, 2.24) is 25.3 Å². The molecule has 4 rings (SSSR count). The van der Waals surface area contributed by atoms with Crippen LogP contribution >= 0.6 is 23.2 Å². The number of carbonyl (C=O) groups is 1. The maximum absolute atomic E-state index is 13.3. The Balaban J connectivity index is 1.66. The molecule has 0 saturated carbocycles. The van der Waals surface area contributed by atoms with Crippen molar-refractivity contribution in [2.24, 2.45) is 0 Å². The average molecular weight is 579 g/mol. The number of anilines is 2. The number of benzene rings is 1. The Morgan fingerprint density at radius 1 is 1.03 bits per heavy atom. The topological polar surface area (TPSA) is 105 Å². The Bertz CT molecular complexity index is 1470. The zero-order valence-corrected chi connectivity index (χ0v) is 20.1. The number of rotatable bonds is 7. The molecule has 3 heterocycles. The Morgan fingerprint density at radius 2 is 1.71 bits per heavy atom. The normalized spacial score (nSPS) is 12.0. The lowest BCUT2D eigenvalue weighted by Gasteiger charge is -2.14. The first kappa shape index (κ1) is 27.3. The van der Waals surface area contributed by atoms with Gasteiger partial charge in [0.05, 0.1) is 26.8 Å². The van der Waals surface area contributed by atoms with Gasteiger partial charge in [0.2, 0.25) is 11.8 Å². The monoisotopic (exact) mass is 578 g/mol. The van der Waals surface area contributed by atoms with Crippen molar-refractivity contribution >= 4 is 51.9 Å². The summed E-state index contributed by atoms with van der Waals surface area (Å²) in [5.74, 6) is -1.74. The number of hydrogen-bond donors (Lipinski definition) is 3. The lowest BCUT2D eigenvalue weighted by atomic mass is 10.1. The van der Waals surface area contributed by atoms with Crippen LogP contribution in [0.2, 0.25) is 10.0 Å². The predicted octanol–water partition coefficient (Wildman–Crippen LogP) is 6.29. The molecule has 4 aromatic rings. The van der Waals surface area contributed by atoms with Crippen molar-refractivity contribution in [2.75, 3.05) is 11.9 Å². The molecule has 16 heteroatoms. The lowest BCUT2D eigenvalue weighted by molar-refractivity contribution is -0.154. The first-order chi connectivity index (χ1) is 17.8. The van der Waals surface area contributed by atoms with Gasteiger partial charge in [-0.15, -0.1) is 0 Å². The zero-order valence-electron chi connectivity index (χ0n) is 18.6. The van der Waals surface area contributed by atoms with E-state index in [1.54, 1.807) is 0 Å². The maximum Gasteiger partial charge on any atom is 0.422 e. The molecule has 0 spiro atoms. The van der Waals surface area contributed by atoms with Crippen molar-refractivity contribution in [2.45, 2.75) is 18.9 Å². The van der Waals surface area contributed by atoms with Crippen LogP contribution in [0, 0.1) is 0 Å². The van der Waals surface area contributed by atoms with Gasteiger partial charge in [-0.1, -0.05) is 41.4 Å². The summed E-state index contributed by atoms with van der Waals surface area (Å²) in [7, 11) is 0. The minimum atomic E-state index is -4.76. The molecule has 0 radical (unpaired) electrons. The summed E-state index contributed by atoms with van der Waals surface area (Å²) < 4.78 is 83.0. The third-order valence-corrected chi connectivity index (χ3v) is 5.49. The first-order valence-electron chi connectivity index (χ1n) is 10.4. The van der Waals surface area contributed by atoms with E-state index in [1.165, 1.54) is 24.5 Å². The van der Waals surface area contributed by atoms with Gasteiger partial charge in [-0.05, 0) is 17.7 Å². The molecule has 0 saturated heterocycles. The van der Waals surface area contributed by atoms with Gasteiger partial charge >= 0.3 is 12.4 Å². The van der Waals surface area contributed by atoms with Gasteiger partial charge in [-0.3, -0.25) is 9.78 Å². The van der Waals surface area contributed by atoms with Gasteiger partial charge in [0.25, 0.3) is 5.91 Å². The van der Waals surface area contributed by atoms with E-state index in [-0.39, 0.29) is 38.4 Å². The summed E-state index contributed by atoms with van der Waals surface area (Å²) >= 11 is 12.1. The zero-order chi connectivity index (χ0) is 27.7. The van der Waals surface area contributed by atoms with Gasteiger partial charge in [0, 0.05) is 18.9 Å². The number of hydrogen-bond acceptors (Lipinski definition) is 6. The van der Waals surface area contributed by atoms with Gasteiger partial charge in [-0.2, -0.15) is 36.3 Å². The fraction of sp³-hybridized carbons (Fsp3) is 0.182. The Hall–Kier alpha value is -3.78. The molecule has 200 valence electrons. The van der Waals surface area contributed by atoms with Crippen LogP contribution in [0.15, 0.2) is 42.7 Å². The van der Waals surface area contributed by atoms with Crippen LogP contribution in [0.25, 0.3) is 11.2 Å². The van der Waals surface area contributed by atoms with Crippen molar-refractivity contribution in [1.29, 1.82) is 0 Å². The summed E-state index contributed by atoms with van der Waals surface area (Å²) in [6.45, 7) is -2.35. The van der Waals surface area contributed by atoms with Crippen LogP contribution in [0.1, 0.15) is 21.5 Å². The second-order valence-electron chi connectivity index (χ2n) is 7.64. The Labute approximate surface area is 219 Å². The number of fused-ring (bicyclic) bond motifs is 1. The van der Waals surface area contributed by atoms with Gasteiger partial charge in [0.15, 0.2) is 12.3 Å². The number of ether oxygens (including phenoxy) is 1. The summed E-state index contributed by atoms with van der Waals surface area (Å²) in [6.07, 6.45) is -6.83. The van der Waals surface area contributed by atoms with E-state index in [0.29, 0.717) is 0 Å². The Kier molecular flexibility index (Phi) is 7.56. The molecule has 0 aliphatic heterocycles. The van der Waals surface area contributed by atoms with E-state index in [0.717, 1.165) is 18.2 Å². The van der Waals surface area contributed by atoms with Crippen molar-refractivity contribution < 1.29 is 35.9 Å². The number of nitrogens with zero attached hydrogens (tertiary/aromatic N) is 3. The predicted molar refractivity (Wildman–Crippen MR) is 126 cm³/mol. The summed E-state index contributed by atoms with van der Waals surface area (Å²) in [5, 5.41) is 5.32. The van der Waals surface area contributed by atoms with Crippen LogP contribution < -0.4 is 15.4 Å². The molecule has 0 aliphatic rings. The summed E-state index contributed by atoms with van der Waals surface area (Å²) in [6, 6.07) is 5.64. The summed E-state index contributed by atoms with van der Waals surface area (Å²) in [4.78, 5) is 27.4. The molecule has 0 bridgehead atoms. The van der Waals surface area contributed by atoms with E-state index < -0.39 is 48.4 Å². The number of halogens is 8. The largest absolute Gasteiger partial charge is 0.467 e. The highest BCUT2D eigenvalue weighted by molar-refractivity contribution is 6.39. The van der Waals surface area contributed by atoms with Crippen LogP contribution in [0.3, 0.4) is 0 Å². The van der Waals surface area contributed by atoms with E-state index >= 15 is 0 Å². The number of imidazole rings is 1. The van der Waals surface area contributed by atoms with E-state index in [1.807, 2.05) is 0 Å². The molecule has 0 aliphatic carbocycles. The van der Waals surface area contributed by atoms with E-state index in [9.17, 15) is 31.1 Å². The second-order valence-corrected chi connectivity index (χ2v) is 8.46. The smallest absolute Gasteiger partial charge is 0.422 e. The molecule has 0 unspecified atom stereocenters. The van der Waals surface area contributed by atoms with Gasteiger partial charge in [-0.25, -0.2) is 0 Å². The SMILES string of the molecule is O=C(NCc1ccccc1C(F)(F)F)c1cc2[nH]c(Nc3c(Cl)cncc3Cl)nc2nc1OCC(F)(F)F.